The molecule has 3 aromatic rings. The molecule has 0 saturated heterocycles. The number of amides is 1. The number of rotatable bonds is 5. The number of carbonyl (C=O) groups excluding carboxylic acids is 1. The molecule has 2 aromatic carbocycles. The van der Waals surface area contributed by atoms with Gasteiger partial charge in [0.25, 0.3) is 0 Å². The molecule has 1 aliphatic heterocycles. The maximum atomic E-state index is 12.0. The number of halogens is 1. The number of benzene rings is 2. The molecule has 1 aromatic heterocycles. The van der Waals surface area contributed by atoms with Crippen LogP contribution < -0.4 is 14.8 Å². The van der Waals surface area contributed by atoms with E-state index in [0.717, 1.165) is 16.7 Å². The average molecular weight is 384 g/mol. The molecular weight excluding hydrogens is 366 g/mol. The minimum Gasteiger partial charge on any atom is -0.493 e. The zero-order valence-electron chi connectivity index (χ0n) is 14.7. The van der Waals surface area contributed by atoms with Crippen molar-refractivity contribution in [1.29, 1.82) is 0 Å². The van der Waals surface area contributed by atoms with Crippen molar-refractivity contribution in [1.82, 2.24) is 10.2 Å². The van der Waals surface area contributed by atoms with Gasteiger partial charge >= 0.3 is 0 Å². The predicted octanol–water partition coefficient (Wildman–Crippen LogP) is 4.12. The number of nitrogens with one attached hydrogen (secondary N) is 2. The van der Waals surface area contributed by atoms with E-state index in [0.29, 0.717) is 35.4 Å². The van der Waals surface area contributed by atoms with Gasteiger partial charge < -0.3 is 14.8 Å². The van der Waals surface area contributed by atoms with Crippen LogP contribution in [0.5, 0.6) is 11.5 Å². The van der Waals surface area contributed by atoms with Crippen molar-refractivity contribution in [2.24, 2.45) is 0 Å². The van der Waals surface area contributed by atoms with E-state index in [1.165, 1.54) is 0 Å². The highest BCUT2D eigenvalue weighted by Crippen LogP contribution is 2.39. The van der Waals surface area contributed by atoms with E-state index in [1.807, 2.05) is 42.5 Å². The van der Waals surface area contributed by atoms with E-state index >= 15 is 0 Å². The summed E-state index contributed by atoms with van der Waals surface area (Å²) in [5.74, 6) is 1.74. The Labute approximate surface area is 161 Å². The molecule has 4 rings (SSSR count). The molecule has 0 fully saturated rings. The fourth-order valence-corrected chi connectivity index (χ4v) is 3.42. The Balaban J connectivity index is 1.59. The van der Waals surface area contributed by atoms with Crippen LogP contribution in [0, 0.1) is 0 Å². The molecule has 1 aliphatic rings. The van der Waals surface area contributed by atoms with Crippen LogP contribution in [0.15, 0.2) is 48.7 Å². The third kappa shape index (κ3) is 3.48. The molecule has 0 spiro atoms. The molecule has 1 amide bonds. The van der Waals surface area contributed by atoms with E-state index in [-0.39, 0.29) is 11.8 Å². The van der Waals surface area contributed by atoms with Crippen LogP contribution >= 0.6 is 11.6 Å². The van der Waals surface area contributed by atoms with Gasteiger partial charge in [-0.05, 0) is 23.8 Å². The molecule has 27 heavy (non-hydrogen) atoms. The SMILES string of the molecule is COc1cc([C@@H]2CC(=O)Nc3[nH]ncc32)ccc1OCc1ccccc1Cl. The van der Waals surface area contributed by atoms with Gasteiger partial charge in [0.1, 0.15) is 12.4 Å². The number of ether oxygens (including phenoxy) is 2. The summed E-state index contributed by atoms with van der Waals surface area (Å²) in [7, 11) is 1.60. The van der Waals surface area contributed by atoms with Crippen molar-refractivity contribution >= 4 is 23.3 Å². The van der Waals surface area contributed by atoms with Crippen LogP contribution in [0.1, 0.15) is 29.0 Å². The van der Waals surface area contributed by atoms with Crippen molar-refractivity contribution in [2.75, 3.05) is 12.4 Å². The lowest BCUT2D eigenvalue weighted by atomic mass is 9.87. The molecule has 2 heterocycles. The topological polar surface area (TPSA) is 76.2 Å². The zero-order valence-corrected chi connectivity index (χ0v) is 15.4. The second-order valence-electron chi connectivity index (χ2n) is 6.30. The molecule has 7 heteroatoms. The summed E-state index contributed by atoms with van der Waals surface area (Å²) in [4.78, 5) is 12.0. The number of carbonyl (C=O) groups is 1. The van der Waals surface area contributed by atoms with Crippen LogP contribution in [0.3, 0.4) is 0 Å². The first-order valence-electron chi connectivity index (χ1n) is 8.53. The number of anilines is 1. The van der Waals surface area contributed by atoms with Gasteiger partial charge in [-0.3, -0.25) is 9.89 Å². The highest BCUT2D eigenvalue weighted by molar-refractivity contribution is 6.31. The monoisotopic (exact) mass is 383 g/mol. The largest absolute Gasteiger partial charge is 0.493 e. The lowest BCUT2D eigenvalue weighted by Crippen LogP contribution is -2.23. The molecule has 0 radical (unpaired) electrons. The first kappa shape index (κ1) is 17.4. The third-order valence-corrected chi connectivity index (χ3v) is 5.00. The Morgan fingerprint density at radius 1 is 1.22 bits per heavy atom. The average Bonchev–Trinajstić information content (AvgIpc) is 3.15. The number of aromatic nitrogens is 2. The Morgan fingerprint density at radius 3 is 2.89 bits per heavy atom. The van der Waals surface area contributed by atoms with E-state index in [2.05, 4.69) is 15.5 Å². The van der Waals surface area contributed by atoms with Gasteiger partial charge in [0.05, 0.1) is 13.3 Å². The predicted molar refractivity (Wildman–Crippen MR) is 102 cm³/mol. The number of fused-ring (bicyclic) bond motifs is 1. The van der Waals surface area contributed by atoms with Gasteiger partial charge in [-0.25, -0.2) is 0 Å². The Morgan fingerprint density at radius 2 is 2.07 bits per heavy atom. The third-order valence-electron chi connectivity index (χ3n) is 4.63. The molecule has 2 N–H and O–H groups in total. The van der Waals surface area contributed by atoms with Crippen molar-refractivity contribution in [3.05, 3.63) is 70.4 Å². The van der Waals surface area contributed by atoms with Crippen molar-refractivity contribution in [3.8, 4) is 11.5 Å². The molecule has 0 unspecified atom stereocenters. The van der Waals surface area contributed by atoms with Gasteiger partial charge in [-0.15, -0.1) is 0 Å². The Kier molecular flexibility index (Phi) is 4.73. The van der Waals surface area contributed by atoms with E-state index in [4.69, 9.17) is 21.1 Å². The van der Waals surface area contributed by atoms with Crippen molar-refractivity contribution in [2.45, 2.75) is 18.9 Å². The number of aromatic amines is 1. The Bertz CT molecular complexity index is 986. The van der Waals surface area contributed by atoms with E-state index < -0.39 is 0 Å². The minimum atomic E-state index is -0.0842. The van der Waals surface area contributed by atoms with Crippen LogP contribution in [0.25, 0.3) is 0 Å². The quantitative estimate of drug-likeness (QED) is 0.694. The molecule has 6 nitrogen and oxygen atoms in total. The molecule has 138 valence electrons. The highest BCUT2D eigenvalue weighted by Gasteiger charge is 2.28. The van der Waals surface area contributed by atoms with Crippen LogP contribution in [-0.2, 0) is 11.4 Å². The van der Waals surface area contributed by atoms with Gasteiger partial charge in [0, 0.05) is 28.5 Å². The maximum Gasteiger partial charge on any atom is 0.226 e. The number of methoxy groups -OCH3 is 1. The molecule has 1 atom stereocenters. The number of hydrogen-bond donors (Lipinski definition) is 2. The van der Waals surface area contributed by atoms with Gasteiger partial charge in [0.2, 0.25) is 5.91 Å². The van der Waals surface area contributed by atoms with Gasteiger partial charge in [-0.1, -0.05) is 35.9 Å². The minimum absolute atomic E-state index is 0.0465. The number of hydrogen-bond acceptors (Lipinski definition) is 4. The lowest BCUT2D eigenvalue weighted by Gasteiger charge is -2.23. The van der Waals surface area contributed by atoms with Crippen LogP contribution in [-0.4, -0.2) is 23.2 Å². The first-order chi connectivity index (χ1) is 13.2. The van der Waals surface area contributed by atoms with Crippen LogP contribution in [0.4, 0.5) is 5.82 Å². The summed E-state index contributed by atoms with van der Waals surface area (Å²) in [6.45, 7) is 0.340. The fourth-order valence-electron chi connectivity index (χ4n) is 3.23. The second kappa shape index (κ2) is 7.32. The number of H-pyrrole nitrogens is 1. The Hall–Kier alpha value is -2.99. The van der Waals surface area contributed by atoms with Crippen LogP contribution in [0.2, 0.25) is 5.02 Å². The fraction of sp³-hybridized carbons (Fsp3) is 0.200. The molecule has 0 aliphatic carbocycles. The molecular formula is C20H18ClN3O3. The number of nitrogens with zero attached hydrogens (tertiary/aromatic N) is 1. The summed E-state index contributed by atoms with van der Waals surface area (Å²) < 4.78 is 11.4. The highest BCUT2D eigenvalue weighted by atomic mass is 35.5. The summed E-state index contributed by atoms with van der Waals surface area (Å²) in [6, 6.07) is 13.3. The standard InChI is InChI=1S/C20H18ClN3O3/c1-26-18-8-12(14-9-19(25)23-20-15(14)10-22-24-20)6-7-17(18)27-11-13-4-2-3-5-16(13)21/h2-8,10,14H,9,11H2,1H3,(H2,22,23,24,25)/t14-/m0/s1. The van der Waals surface area contributed by atoms with E-state index in [9.17, 15) is 4.79 Å². The summed E-state index contributed by atoms with van der Waals surface area (Å²) >= 11 is 6.18. The summed E-state index contributed by atoms with van der Waals surface area (Å²) in [5, 5.41) is 10.3. The maximum absolute atomic E-state index is 12.0. The van der Waals surface area contributed by atoms with Gasteiger partial charge in [-0.2, -0.15) is 5.10 Å². The summed E-state index contributed by atoms with van der Waals surface area (Å²) in [6.07, 6.45) is 2.10. The van der Waals surface area contributed by atoms with E-state index in [1.54, 1.807) is 13.3 Å². The van der Waals surface area contributed by atoms with Gasteiger partial charge in [0.15, 0.2) is 11.5 Å². The molecule has 0 saturated carbocycles. The zero-order chi connectivity index (χ0) is 18.8. The first-order valence-corrected chi connectivity index (χ1v) is 8.90. The second-order valence-corrected chi connectivity index (χ2v) is 6.70. The smallest absolute Gasteiger partial charge is 0.226 e. The normalized spacial score (nSPS) is 15.8. The van der Waals surface area contributed by atoms with Crippen molar-refractivity contribution < 1.29 is 14.3 Å². The summed E-state index contributed by atoms with van der Waals surface area (Å²) in [5.41, 5.74) is 2.83. The van der Waals surface area contributed by atoms with Crippen molar-refractivity contribution in [3.63, 3.8) is 0 Å². The lowest BCUT2D eigenvalue weighted by molar-refractivity contribution is -0.116. The molecule has 0 bridgehead atoms.